The maximum Gasteiger partial charge on any atom is 0.142 e. The van der Waals surface area contributed by atoms with E-state index in [9.17, 15) is 9.65 Å². The highest BCUT2D eigenvalue weighted by molar-refractivity contribution is 6.30. The molecule has 2 unspecified atom stereocenters. The molecule has 1 aliphatic heterocycles. The number of anilines is 1. The molecule has 2 atom stereocenters. The molecule has 7 heteroatoms. The van der Waals surface area contributed by atoms with E-state index < -0.39 is 5.82 Å². The predicted octanol–water partition coefficient (Wildman–Crippen LogP) is 2.96. The number of nitriles is 1. The minimum absolute atomic E-state index is 0.0721. The average molecular weight is 346 g/mol. The maximum absolute atomic E-state index is 13.7. The minimum atomic E-state index is -0.468. The number of nitrogen functional groups attached to an aromatic ring is 1. The number of hydrogen-bond acceptors (Lipinski definition) is 5. The fourth-order valence-electron chi connectivity index (χ4n) is 3.20. The lowest BCUT2D eigenvalue weighted by molar-refractivity contribution is 0.561. The largest absolute Gasteiger partial charge is 0.383 e. The fourth-order valence-corrected chi connectivity index (χ4v) is 3.42. The van der Waals surface area contributed by atoms with Crippen molar-refractivity contribution in [3.8, 4) is 17.2 Å². The Hall–Kier alpha value is -2.20. The zero-order valence-corrected chi connectivity index (χ0v) is 14.0. The minimum Gasteiger partial charge on any atom is -0.383 e. The lowest BCUT2D eigenvalue weighted by atomic mass is 9.89. The molecule has 0 saturated carbocycles. The van der Waals surface area contributed by atoms with Crippen molar-refractivity contribution in [2.24, 2.45) is 0 Å². The Balaban J connectivity index is 2.19. The maximum atomic E-state index is 13.7. The fraction of sp³-hybridized carbons (Fsp3) is 0.294. The van der Waals surface area contributed by atoms with Gasteiger partial charge < -0.3 is 5.73 Å². The summed E-state index contributed by atoms with van der Waals surface area (Å²) >= 11 is 5.96. The third kappa shape index (κ3) is 2.94. The first kappa shape index (κ1) is 16.7. The van der Waals surface area contributed by atoms with Crippen LogP contribution in [0.15, 0.2) is 24.3 Å². The number of benzene rings is 1. The van der Waals surface area contributed by atoms with Crippen molar-refractivity contribution in [1.29, 1.82) is 5.26 Å². The Morgan fingerprint density at radius 2 is 1.88 bits per heavy atom. The van der Waals surface area contributed by atoms with Crippen molar-refractivity contribution in [1.82, 2.24) is 15.8 Å². The molecule has 0 radical (unpaired) electrons. The van der Waals surface area contributed by atoms with Gasteiger partial charge in [0.05, 0.1) is 0 Å². The summed E-state index contributed by atoms with van der Waals surface area (Å²) in [6.07, 6.45) is 0. The van der Waals surface area contributed by atoms with E-state index in [-0.39, 0.29) is 34.4 Å². The van der Waals surface area contributed by atoms with Gasteiger partial charge in [0.15, 0.2) is 0 Å². The molecule has 0 aliphatic carbocycles. The van der Waals surface area contributed by atoms with Crippen molar-refractivity contribution < 1.29 is 4.39 Å². The molecule has 1 saturated heterocycles. The average Bonchev–Trinajstić information content (AvgIpc) is 2.84. The van der Waals surface area contributed by atoms with Crippen LogP contribution >= 0.6 is 11.6 Å². The van der Waals surface area contributed by atoms with Gasteiger partial charge in [0.2, 0.25) is 0 Å². The quantitative estimate of drug-likeness (QED) is 0.779. The number of rotatable bonds is 2. The van der Waals surface area contributed by atoms with Gasteiger partial charge in [0.25, 0.3) is 0 Å². The molecule has 0 bridgehead atoms. The van der Waals surface area contributed by atoms with Crippen molar-refractivity contribution in [2.75, 3.05) is 5.73 Å². The summed E-state index contributed by atoms with van der Waals surface area (Å²) in [5, 5.41) is 9.70. The number of nitrogens with zero attached hydrogens (tertiary/aromatic N) is 2. The first-order valence-corrected chi connectivity index (χ1v) is 7.96. The molecule has 3 rings (SSSR count). The lowest BCUT2D eigenvalue weighted by Gasteiger charge is -2.19. The zero-order chi connectivity index (χ0) is 17.4. The number of nitrogens with two attached hydrogens (primary N) is 1. The second-order valence-electron chi connectivity index (χ2n) is 6.02. The number of aromatic nitrogens is 1. The smallest absolute Gasteiger partial charge is 0.142 e. The van der Waals surface area contributed by atoms with Gasteiger partial charge in [-0.3, -0.25) is 10.9 Å². The van der Waals surface area contributed by atoms with E-state index in [4.69, 9.17) is 17.3 Å². The van der Waals surface area contributed by atoms with Crippen molar-refractivity contribution in [3.63, 3.8) is 0 Å². The Morgan fingerprint density at radius 3 is 2.46 bits per heavy atom. The summed E-state index contributed by atoms with van der Waals surface area (Å²) in [5.74, 6) is -0.260. The predicted molar refractivity (Wildman–Crippen MR) is 91.7 cm³/mol. The standard InChI is InChI=1S/C17H17ClFN5/c1-8-16(9(2)24-23-8)15-6-13(14(7-20)17(21)22-15)10-3-11(18)5-12(19)4-10/h3-6,8-9,16,23-24H,1-2H3,(H2,21,22). The van der Waals surface area contributed by atoms with Gasteiger partial charge in [-0.25, -0.2) is 9.37 Å². The second kappa shape index (κ2) is 6.36. The van der Waals surface area contributed by atoms with Crippen LogP contribution in [0.3, 0.4) is 0 Å². The van der Waals surface area contributed by atoms with Crippen LogP contribution in [-0.2, 0) is 0 Å². The lowest BCUT2D eigenvalue weighted by Crippen LogP contribution is -2.30. The van der Waals surface area contributed by atoms with E-state index in [2.05, 4.69) is 21.9 Å². The molecule has 2 heterocycles. The summed E-state index contributed by atoms with van der Waals surface area (Å²) in [4.78, 5) is 4.41. The van der Waals surface area contributed by atoms with E-state index in [1.807, 2.05) is 13.8 Å². The Bertz CT molecular complexity index is 802. The van der Waals surface area contributed by atoms with Crippen LogP contribution in [0, 0.1) is 17.1 Å². The Labute approximate surface area is 144 Å². The van der Waals surface area contributed by atoms with Crippen molar-refractivity contribution >= 4 is 17.4 Å². The highest BCUT2D eigenvalue weighted by Crippen LogP contribution is 2.34. The molecule has 0 amide bonds. The number of hydrogen-bond donors (Lipinski definition) is 3. The van der Waals surface area contributed by atoms with Crippen LogP contribution in [0.25, 0.3) is 11.1 Å². The van der Waals surface area contributed by atoms with E-state index >= 15 is 0 Å². The first-order chi connectivity index (χ1) is 11.4. The molecule has 5 nitrogen and oxygen atoms in total. The third-order valence-corrected chi connectivity index (χ3v) is 4.53. The zero-order valence-electron chi connectivity index (χ0n) is 13.3. The Kier molecular flexibility index (Phi) is 4.41. The van der Waals surface area contributed by atoms with E-state index in [0.717, 1.165) is 5.69 Å². The van der Waals surface area contributed by atoms with Crippen LogP contribution in [0.1, 0.15) is 31.0 Å². The highest BCUT2D eigenvalue weighted by atomic mass is 35.5. The summed E-state index contributed by atoms with van der Waals surface area (Å²) in [6, 6.07) is 8.31. The SMILES string of the molecule is CC1NNC(C)C1c1cc(-c2cc(F)cc(Cl)c2)c(C#N)c(N)n1. The summed E-state index contributed by atoms with van der Waals surface area (Å²) in [6.45, 7) is 4.08. The van der Waals surface area contributed by atoms with E-state index in [1.165, 1.54) is 12.1 Å². The van der Waals surface area contributed by atoms with Crippen molar-refractivity contribution in [2.45, 2.75) is 31.8 Å². The molecule has 4 N–H and O–H groups in total. The molecular formula is C17H17ClFN5. The van der Waals surface area contributed by atoms with Gasteiger partial charge in [-0.1, -0.05) is 11.6 Å². The van der Waals surface area contributed by atoms with Gasteiger partial charge in [0, 0.05) is 34.3 Å². The van der Waals surface area contributed by atoms with Gasteiger partial charge in [0.1, 0.15) is 23.3 Å². The third-order valence-electron chi connectivity index (χ3n) is 4.31. The molecule has 1 aromatic heterocycles. The molecule has 0 spiro atoms. The monoisotopic (exact) mass is 345 g/mol. The number of hydrazine groups is 1. The van der Waals surface area contributed by atoms with Crippen LogP contribution in [0.2, 0.25) is 5.02 Å². The highest BCUT2D eigenvalue weighted by Gasteiger charge is 2.33. The van der Waals surface area contributed by atoms with Crippen LogP contribution in [-0.4, -0.2) is 17.1 Å². The molecule has 24 heavy (non-hydrogen) atoms. The first-order valence-electron chi connectivity index (χ1n) is 7.58. The van der Waals surface area contributed by atoms with Gasteiger partial charge >= 0.3 is 0 Å². The number of nitrogens with one attached hydrogen (secondary N) is 2. The summed E-state index contributed by atoms with van der Waals surface area (Å²) < 4.78 is 13.7. The topological polar surface area (TPSA) is 86.8 Å². The molecule has 1 aliphatic rings. The normalized spacial score (nSPS) is 23.2. The number of pyridine rings is 1. The van der Waals surface area contributed by atoms with Crippen molar-refractivity contribution in [3.05, 3.63) is 46.4 Å². The molecule has 1 aromatic carbocycles. The molecule has 1 fully saturated rings. The van der Waals surface area contributed by atoms with E-state index in [0.29, 0.717) is 11.1 Å². The molecule has 124 valence electrons. The summed E-state index contributed by atoms with van der Waals surface area (Å²) in [5.41, 5.74) is 14.3. The summed E-state index contributed by atoms with van der Waals surface area (Å²) in [7, 11) is 0. The van der Waals surface area contributed by atoms with Gasteiger partial charge in [-0.15, -0.1) is 0 Å². The Morgan fingerprint density at radius 1 is 1.21 bits per heavy atom. The van der Waals surface area contributed by atoms with Crippen LogP contribution in [0.5, 0.6) is 0 Å². The molecule has 2 aromatic rings. The van der Waals surface area contributed by atoms with E-state index in [1.54, 1.807) is 12.1 Å². The van der Waals surface area contributed by atoms with Gasteiger partial charge in [-0.05, 0) is 43.7 Å². The van der Waals surface area contributed by atoms with Crippen LogP contribution in [0.4, 0.5) is 10.2 Å². The van der Waals surface area contributed by atoms with Gasteiger partial charge in [-0.2, -0.15) is 5.26 Å². The van der Waals surface area contributed by atoms with Crippen LogP contribution < -0.4 is 16.6 Å². The number of halogens is 2. The second-order valence-corrected chi connectivity index (χ2v) is 6.45. The molecular weight excluding hydrogens is 329 g/mol.